The zero-order valence-electron chi connectivity index (χ0n) is 22.3. The molecule has 0 radical (unpaired) electrons. The van der Waals surface area contributed by atoms with Gasteiger partial charge in [0, 0.05) is 35.1 Å². The molecule has 4 nitrogen and oxygen atoms in total. The Labute approximate surface area is 217 Å². The Morgan fingerprint density at radius 3 is 2.36 bits per heavy atom. The summed E-state index contributed by atoms with van der Waals surface area (Å²) in [7, 11) is 0. The second-order valence-corrected chi connectivity index (χ2v) is 10.6. The molecule has 2 aliphatic heterocycles. The molecule has 4 heteroatoms. The van der Waals surface area contributed by atoms with E-state index in [0.29, 0.717) is 11.8 Å². The van der Waals surface area contributed by atoms with E-state index in [9.17, 15) is 0 Å². The number of benzene rings is 2. The van der Waals surface area contributed by atoms with Gasteiger partial charge in [0.25, 0.3) is 0 Å². The minimum Gasteiger partial charge on any atom is -0.302 e. The number of fused-ring (bicyclic) bond motifs is 5. The highest BCUT2D eigenvalue weighted by Crippen LogP contribution is 2.58. The first-order valence-corrected chi connectivity index (χ1v) is 13.8. The Kier molecular flexibility index (Phi) is 6.87. The van der Waals surface area contributed by atoms with Gasteiger partial charge in [-0.2, -0.15) is 0 Å². The molecule has 0 aliphatic carbocycles. The lowest BCUT2D eigenvalue weighted by Crippen LogP contribution is -2.55. The van der Waals surface area contributed by atoms with Crippen LogP contribution in [0.2, 0.25) is 0 Å². The molecule has 5 rings (SSSR count). The standard InChI is InChI=1S/C32H40N4/c1-6-10-14-23(5)21-24-17-18-28-27(22-24)32(8-3,9-4)26(7-2)31-35(25-15-12-11-13-16-25)29-30(36(28)31)34-20-19-33-29/h8,11-13,15-20,22-23,26,31H,3,6-7,9-10,14,21H2,1-2,4-5H3. The lowest BCUT2D eigenvalue weighted by atomic mass is 9.62. The molecule has 2 aliphatic rings. The van der Waals surface area contributed by atoms with Crippen molar-refractivity contribution in [1.82, 2.24) is 9.97 Å². The van der Waals surface area contributed by atoms with Crippen molar-refractivity contribution in [3.05, 3.63) is 84.7 Å². The number of nitrogens with zero attached hydrogens (tertiary/aromatic N) is 4. The van der Waals surface area contributed by atoms with E-state index in [1.54, 1.807) is 0 Å². The van der Waals surface area contributed by atoms with E-state index in [1.165, 1.54) is 36.1 Å². The number of hydrogen-bond donors (Lipinski definition) is 0. The van der Waals surface area contributed by atoms with Crippen LogP contribution in [0.25, 0.3) is 0 Å². The molecule has 0 amide bonds. The SMILES string of the molecule is C=CC1(CC)c2cc(CC(C)CCCC)ccc2N2c3nccnc3N(c3ccccc3)C2C1CC. The van der Waals surface area contributed by atoms with Crippen molar-refractivity contribution in [1.29, 1.82) is 0 Å². The maximum Gasteiger partial charge on any atom is 0.178 e. The number of aromatic nitrogens is 2. The fourth-order valence-corrected chi connectivity index (χ4v) is 6.76. The molecule has 0 spiro atoms. The van der Waals surface area contributed by atoms with E-state index in [4.69, 9.17) is 9.97 Å². The molecular weight excluding hydrogens is 440 g/mol. The summed E-state index contributed by atoms with van der Waals surface area (Å²) < 4.78 is 0. The van der Waals surface area contributed by atoms with Crippen LogP contribution < -0.4 is 9.80 Å². The fraction of sp³-hybridized carbons (Fsp3) is 0.438. The van der Waals surface area contributed by atoms with Gasteiger partial charge in [0.05, 0.1) is 0 Å². The summed E-state index contributed by atoms with van der Waals surface area (Å²) >= 11 is 0. The van der Waals surface area contributed by atoms with Crippen molar-refractivity contribution in [2.75, 3.05) is 9.80 Å². The third kappa shape index (κ3) is 3.82. The summed E-state index contributed by atoms with van der Waals surface area (Å²) in [5, 5.41) is 0. The van der Waals surface area contributed by atoms with E-state index < -0.39 is 0 Å². The molecule has 2 aromatic carbocycles. The Bertz CT molecular complexity index is 1210. The van der Waals surface area contributed by atoms with Gasteiger partial charge in [-0.1, -0.05) is 83.4 Å². The molecule has 0 N–H and O–H groups in total. The first kappa shape index (κ1) is 24.5. The van der Waals surface area contributed by atoms with Crippen LogP contribution in [0.3, 0.4) is 0 Å². The van der Waals surface area contributed by atoms with Crippen molar-refractivity contribution in [2.45, 2.75) is 77.8 Å². The molecular formula is C32H40N4. The van der Waals surface area contributed by atoms with Crippen LogP contribution in [-0.2, 0) is 11.8 Å². The first-order chi connectivity index (χ1) is 17.6. The van der Waals surface area contributed by atoms with Gasteiger partial charge in [-0.15, -0.1) is 6.58 Å². The normalized spacial score (nSPS) is 23.1. The zero-order valence-corrected chi connectivity index (χ0v) is 22.3. The fourth-order valence-electron chi connectivity index (χ4n) is 6.76. The number of anilines is 4. The van der Waals surface area contributed by atoms with Crippen molar-refractivity contribution in [3.8, 4) is 0 Å². The summed E-state index contributed by atoms with van der Waals surface area (Å²) in [5.41, 5.74) is 5.11. The van der Waals surface area contributed by atoms with E-state index in [1.807, 2.05) is 12.4 Å². The summed E-state index contributed by atoms with van der Waals surface area (Å²) in [5.74, 6) is 2.90. The van der Waals surface area contributed by atoms with E-state index in [2.05, 4.69) is 98.7 Å². The van der Waals surface area contributed by atoms with Crippen LogP contribution in [0, 0.1) is 11.8 Å². The van der Waals surface area contributed by atoms with Crippen LogP contribution in [0.1, 0.15) is 70.9 Å². The van der Waals surface area contributed by atoms with Gasteiger partial charge >= 0.3 is 0 Å². The van der Waals surface area contributed by atoms with Gasteiger partial charge in [-0.25, -0.2) is 9.97 Å². The number of para-hydroxylation sites is 1. The van der Waals surface area contributed by atoms with Crippen LogP contribution in [0.15, 0.2) is 73.6 Å². The van der Waals surface area contributed by atoms with Crippen LogP contribution in [0.4, 0.5) is 23.0 Å². The number of unbranched alkanes of at least 4 members (excludes halogenated alkanes) is 1. The van der Waals surface area contributed by atoms with Crippen LogP contribution in [0.5, 0.6) is 0 Å². The van der Waals surface area contributed by atoms with Crippen molar-refractivity contribution >= 4 is 23.0 Å². The first-order valence-electron chi connectivity index (χ1n) is 13.8. The molecule has 0 saturated heterocycles. The summed E-state index contributed by atoms with van der Waals surface area (Å²) in [6.45, 7) is 13.8. The minimum absolute atomic E-state index is 0.0922. The smallest absolute Gasteiger partial charge is 0.178 e. The van der Waals surface area contributed by atoms with Crippen molar-refractivity contribution < 1.29 is 0 Å². The Morgan fingerprint density at radius 1 is 1.00 bits per heavy atom. The third-order valence-corrected chi connectivity index (χ3v) is 8.55. The zero-order chi connectivity index (χ0) is 25.3. The average molecular weight is 481 g/mol. The maximum atomic E-state index is 4.89. The molecule has 0 fully saturated rings. The predicted molar refractivity (Wildman–Crippen MR) is 151 cm³/mol. The van der Waals surface area contributed by atoms with E-state index in [-0.39, 0.29) is 11.6 Å². The number of hydrogen-bond acceptors (Lipinski definition) is 4. The Hall–Kier alpha value is -3.14. The predicted octanol–water partition coefficient (Wildman–Crippen LogP) is 8.33. The molecule has 3 heterocycles. The van der Waals surface area contributed by atoms with Crippen LogP contribution in [-0.4, -0.2) is 16.1 Å². The lowest BCUT2D eigenvalue weighted by molar-refractivity contribution is 0.251. The molecule has 36 heavy (non-hydrogen) atoms. The quantitative estimate of drug-likeness (QED) is 0.288. The second kappa shape index (κ2) is 10.1. The van der Waals surface area contributed by atoms with E-state index >= 15 is 0 Å². The topological polar surface area (TPSA) is 32.3 Å². The Balaban J connectivity index is 1.69. The lowest BCUT2D eigenvalue weighted by Gasteiger charge is -2.52. The van der Waals surface area contributed by atoms with Crippen molar-refractivity contribution in [3.63, 3.8) is 0 Å². The van der Waals surface area contributed by atoms with Gasteiger partial charge in [0.2, 0.25) is 0 Å². The number of allylic oxidation sites excluding steroid dienone is 1. The maximum absolute atomic E-state index is 4.89. The molecule has 1 aromatic heterocycles. The monoisotopic (exact) mass is 480 g/mol. The largest absolute Gasteiger partial charge is 0.302 e. The number of rotatable bonds is 9. The van der Waals surface area contributed by atoms with E-state index in [0.717, 1.165) is 36.6 Å². The van der Waals surface area contributed by atoms with Crippen LogP contribution >= 0.6 is 0 Å². The summed E-state index contributed by atoms with van der Waals surface area (Å²) in [6.07, 6.45) is 13.0. The summed E-state index contributed by atoms with van der Waals surface area (Å²) in [4.78, 5) is 14.6. The highest BCUT2D eigenvalue weighted by atomic mass is 15.5. The van der Waals surface area contributed by atoms with Gasteiger partial charge in [0.1, 0.15) is 6.17 Å². The third-order valence-electron chi connectivity index (χ3n) is 8.55. The van der Waals surface area contributed by atoms with Gasteiger partial charge in [-0.05, 0) is 54.5 Å². The molecule has 4 unspecified atom stereocenters. The van der Waals surface area contributed by atoms with Gasteiger partial charge < -0.3 is 9.80 Å². The van der Waals surface area contributed by atoms with Gasteiger partial charge in [0.15, 0.2) is 11.6 Å². The molecule has 0 bridgehead atoms. The van der Waals surface area contributed by atoms with Crippen molar-refractivity contribution in [2.24, 2.45) is 11.8 Å². The summed E-state index contributed by atoms with van der Waals surface area (Å²) in [6, 6.07) is 17.8. The molecule has 188 valence electrons. The molecule has 3 aromatic rings. The highest BCUT2D eigenvalue weighted by Gasteiger charge is 2.55. The molecule has 4 atom stereocenters. The average Bonchev–Trinajstić information content (AvgIpc) is 3.26. The minimum atomic E-state index is -0.122. The second-order valence-electron chi connectivity index (χ2n) is 10.6. The van der Waals surface area contributed by atoms with Gasteiger partial charge in [-0.3, -0.25) is 0 Å². The molecule has 0 saturated carbocycles. The highest BCUT2D eigenvalue weighted by molar-refractivity contribution is 5.86. The Morgan fingerprint density at radius 2 is 1.72 bits per heavy atom.